The SMILES string of the molecule is I.NC(=NCCc1ccc2c(c1)CCO2)N1CCN(c2nccs2)CC1. The lowest BCUT2D eigenvalue weighted by Gasteiger charge is -2.35. The van der Waals surface area contributed by atoms with Crippen molar-refractivity contribution in [2.24, 2.45) is 10.7 Å². The van der Waals surface area contributed by atoms with Crippen LogP contribution in [0.5, 0.6) is 5.75 Å². The van der Waals surface area contributed by atoms with Crippen molar-refractivity contribution in [3.63, 3.8) is 0 Å². The summed E-state index contributed by atoms with van der Waals surface area (Å²) in [5, 5.41) is 3.11. The summed E-state index contributed by atoms with van der Waals surface area (Å²) in [5.41, 5.74) is 8.80. The van der Waals surface area contributed by atoms with Gasteiger partial charge < -0.3 is 20.3 Å². The van der Waals surface area contributed by atoms with Gasteiger partial charge in [-0.2, -0.15) is 0 Å². The van der Waals surface area contributed by atoms with Crippen LogP contribution < -0.4 is 15.4 Å². The number of fused-ring (bicyclic) bond motifs is 1. The molecule has 0 saturated carbocycles. The molecule has 2 aliphatic rings. The number of nitrogens with zero attached hydrogens (tertiary/aromatic N) is 4. The maximum Gasteiger partial charge on any atom is 0.191 e. The molecule has 3 heterocycles. The first kappa shape index (κ1) is 19.2. The number of rotatable bonds is 4. The van der Waals surface area contributed by atoms with Gasteiger partial charge in [0.1, 0.15) is 5.75 Å². The average Bonchev–Trinajstić information content (AvgIpc) is 3.33. The third-order valence-corrected chi connectivity index (χ3v) is 5.55. The van der Waals surface area contributed by atoms with Crippen LogP contribution in [-0.4, -0.2) is 55.2 Å². The van der Waals surface area contributed by atoms with Crippen LogP contribution in [0.2, 0.25) is 0 Å². The van der Waals surface area contributed by atoms with Crippen LogP contribution in [0.15, 0.2) is 34.8 Å². The normalized spacial score (nSPS) is 16.8. The van der Waals surface area contributed by atoms with Crippen LogP contribution >= 0.6 is 35.3 Å². The second-order valence-electron chi connectivity index (χ2n) is 6.32. The monoisotopic (exact) mass is 485 g/mol. The Labute approximate surface area is 175 Å². The molecule has 0 unspecified atom stereocenters. The molecule has 0 spiro atoms. The summed E-state index contributed by atoms with van der Waals surface area (Å²) < 4.78 is 5.55. The van der Waals surface area contributed by atoms with Gasteiger partial charge in [0.2, 0.25) is 0 Å². The molecule has 0 bridgehead atoms. The Morgan fingerprint density at radius 1 is 1.27 bits per heavy atom. The van der Waals surface area contributed by atoms with E-state index in [9.17, 15) is 0 Å². The van der Waals surface area contributed by atoms with Crippen molar-refractivity contribution in [1.29, 1.82) is 0 Å². The highest BCUT2D eigenvalue weighted by atomic mass is 127. The molecule has 26 heavy (non-hydrogen) atoms. The maximum absolute atomic E-state index is 6.19. The standard InChI is InChI=1S/C18H23N5OS.HI/c19-17(22-7-9-23(10-8-22)18-21-6-12-25-18)20-5-3-14-1-2-16-15(13-14)4-11-24-16;/h1-2,6,12-13H,3-5,7-11H2,(H2,19,20);1H. The molecule has 1 aromatic heterocycles. The van der Waals surface area contributed by atoms with Crippen molar-refractivity contribution in [2.75, 3.05) is 44.2 Å². The maximum atomic E-state index is 6.19. The number of aliphatic imine (C=N–C) groups is 1. The van der Waals surface area contributed by atoms with E-state index in [1.165, 1.54) is 11.1 Å². The lowest BCUT2D eigenvalue weighted by atomic mass is 10.1. The van der Waals surface area contributed by atoms with Gasteiger partial charge in [0.25, 0.3) is 0 Å². The lowest BCUT2D eigenvalue weighted by molar-refractivity contribution is 0.357. The highest BCUT2D eigenvalue weighted by Crippen LogP contribution is 2.26. The lowest BCUT2D eigenvalue weighted by Crippen LogP contribution is -2.51. The van der Waals surface area contributed by atoms with Crippen LogP contribution in [0, 0.1) is 0 Å². The molecule has 0 aliphatic carbocycles. The van der Waals surface area contributed by atoms with Crippen molar-refractivity contribution in [3.05, 3.63) is 40.9 Å². The summed E-state index contributed by atoms with van der Waals surface area (Å²) in [5.74, 6) is 1.69. The van der Waals surface area contributed by atoms with E-state index in [0.29, 0.717) is 5.96 Å². The van der Waals surface area contributed by atoms with E-state index >= 15 is 0 Å². The van der Waals surface area contributed by atoms with Crippen molar-refractivity contribution >= 4 is 46.4 Å². The number of ether oxygens (including phenoxy) is 1. The number of benzene rings is 1. The predicted molar refractivity (Wildman–Crippen MR) is 117 cm³/mol. The van der Waals surface area contributed by atoms with Gasteiger partial charge in [-0.05, 0) is 23.6 Å². The zero-order valence-electron chi connectivity index (χ0n) is 14.6. The van der Waals surface area contributed by atoms with Gasteiger partial charge in [-0.3, -0.25) is 4.99 Å². The summed E-state index contributed by atoms with van der Waals surface area (Å²) in [6.45, 7) is 5.19. The van der Waals surface area contributed by atoms with Gasteiger partial charge in [0.05, 0.1) is 6.61 Å². The first-order valence-electron chi connectivity index (χ1n) is 8.73. The van der Waals surface area contributed by atoms with Crippen LogP contribution in [0.4, 0.5) is 5.13 Å². The number of hydrogen-bond donors (Lipinski definition) is 1. The third-order valence-electron chi connectivity index (χ3n) is 4.72. The predicted octanol–water partition coefficient (Wildman–Crippen LogP) is 2.38. The minimum atomic E-state index is 0. The molecule has 0 atom stereocenters. The molecule has 6 nitrogen and oxygen atoms in total. The van der Waals surface area contributed by atoms with Crippen molar-refractivity contribution in [3.8, 4) is 5.75 Å². The number of thiazole rings is 1. The summed E-state index contributed by atoms with van der Waals surface area (Å²) in [6.07, 6.45) is 3.78. The number of anilines is 1. The van der Waals surface area contributed by atoms with E-state index in [4.69, 9.17) is 10.5 Å². The molecule has 1 fully saturated rings. The Hall–Kier alpha value is -1.55. The quantitative estimate of drug-likeness (QED) is 0.409. The summed E-state index contributed by atoms with van der Waals surface area (Å²) >= 11 is 1.68. The number of guanidine groups is 1. The van der Waals surface area contributed by atoms with Gasteiger partial charge in [0.15, 0.2) is 11.1 Å². The van der Waals surface area contributed by atoms with Crippen molar-refractivity contribution < 1.29 is 4.74 Å². The topological polar surface area (TPSA) is 67.0 Å². The molecule has 0 radical (unpaired) electrons. The molecule has 140 valence electrons. The highest BCUT2D eigenvalue weighted by molar-refractivity contribution is 14.0. The zero-order chi connectivity index (χ0) is 17.1. The summed E-state index contributed by atoms with van der Waals surface area (Å²) in [7, 11) is 0. The molecular formula is C18H24IN5OS. The Kier molecular flexibility index (Phi) is 6.58. The van der Waals surface area contributed by atoms with Crippen LogP contribution in [0.1, 0.15) is 11.1 Å². The average molecular weight is 485 g/mol. The molecule has 1 saturated heterocycles. The largest absolute Gasteiger partial charge is 0.493 e. The minimum absolute atomic E-state index is 0. The van der Waals surface area contributed by atoms with E-state index in [1.807, 2.05) is 11.6 Å². The number of hydrogen-bond acceptors (Lipinski definition) is 5. The van der Waals surface area contributed by atoms with E-state index in [0.717, 1.165) is 63.1 Å². The van der Waals surface area contributed by atoms with Crippen molar-refractivity contribution in [2.45, 2.75) is 12.8 Å². The van der Waals surface area contributed by atoms with Gasteiger partial charge in [-0.15, -0.1) is 35.3 Å². The first-order chi connectivity index (χ1) is 12.3. The fourth-order valence-corrected chi connectivity index (χ4v) is 3.99. The van der Waals surface area contributed by atoms with Gasteiger partial charge >= 0.3 is 0 Å². The fraction of sp³-hybridized carbons (Fsp3) is 0.444. The van der Waals surface area contributed by atoms with Crippen LogP contribution in [-0.2, 0) is 12.8 Å². The number of aromatic nitrogens is 1. The number of halogens is 1. The van der Waals surface area contributed by atoms with Crippen LogP contribution in [0.3, 0.4) is 0 Å². The highest BCUT2D eigenvalue weighted by Gasteiger charge is 2.19. The fourth-order valence-electron chi connectivity index (χ4n) is 3.29. The molecule has 2 N–H and O–H groups in total. The van der Waals surface area contributed by atoms with Crippen LogP contribution in [0.25, 0.3) is 0 Å². The molecule has 4 rings (SSSR count). The second kappa shape index (κ2) is 8.90. The Morgan fingerprint density at radius 2 is 2.12 bits per heavy atom. The van der Waals surface area contributed by atoms with E-state index in [-0.39, 0.29) is 24.0 Å². The number of piperazine rings is 1. The smallest absolute Gasteiger partial charge is 0.191 e. The zero-order valence-corrected chi connectivity index (χ0v) is 17.8. The molecule has 8 heteroatoms. The Balaban J connectivity index is 0.00000196. The Bertz CT molecular complexity index is 744. The minimum Gasteiger partial charge on any atom is -0.493 e. The number of nitrogens with two attached hydrogens (primary N) is 1. The molecule has 2 aliphatic heterocycles. The van der Waals surface area contributed by atoms with Crippen molar-refractivity contribution in [1.82, 2.24) is 9.88 Å². The van der Waals surface area contributed by atoms with E-state index in [2.05, 4.69) is 38.0 Å². The summed E-state index contributed by atoms with van der Waals surface area (Å²) in [4.78, 5) is 13.4. The van der Waals surface area contributed by atoms with E-state index in [1.54, 1.807) is 11.3 Å². The third kappa shape index (κ3) is 4.40. The second-order valence-corrected chi connectivity index (χ2v) is 7.19. The van der Waals surface area contributed by atoms with E-state index < -0.39 is 0 Å². The molecule has 1 aromatic carbocycles. The van der Waals surface area contributed by atoms with Gasteiger partial charge in [0, 0.05) is 50.7 Å². The first-order valence-corrected chi connectivity index (χ1v) is 9.61. The van der Waals surface area contributed by atoms with Gasteiger partial charge in [-0.25, -0.2) is 4.98 Å². The Morgan fingerprint density at radius 3 is 2.88 bits per heavy atom. The van der Waals surface area contributed by atoms with Gasteiger partial charge in [-0.1, -0.05) is 12.1 Å². The molecule has 2 aromatic rings. The summed E-state index contributed by atoms with van der Waals surface area (Å²) in [6, 6.07) is 6.44. The molecular weight excluding hydrogens is 461 g/mol. The molecule has 0 amide bonds.